The number of nitrogens with two attached hydrogens (primary N) is 1. The lowest BCUT2D eigenvalue weighted by atomic mass is 10.2. The molecule has 0 bridgehead atoms. The number of hydrogen-bond donors (Lipinski definition) is 3. The van der Waals surface area contributed by atoms with Gasteiger partial charge in [-0.2, -0.15) is 0 Å². The van der Waals surface area contributed by atoms with Gasteiger partial charge in [-0.25, -0.2) is 20.2 Å². The third-order valence-corrected chi connectivity index (χ3v) is 2.92. The van der Waals surface area contributed by atoms with Crippen LogP contribution in [0.15, 0.2) is 18.2 Å². The summed E-state index contributed by atoms with van der Waals surface area (Å²) >= 11 is 0. The standard InChI is InChI=1S/C13H16FN5/c1-7-10(14)5-4-6-11(7)18-12-8(2)13(19-15)17-9(3)16-12/h4-6H,15H2,1-3H3,(H2,16,17,18,19). The van der Waals surface area contributed by atoms with E-state index >= 15 is 0 Å². The number of nitrogen functional groups attached to an aromatic ring is 1. The SMILES string of the molecule is Cc1nc(NN)c(C)c(Nc2cccc(F)c2C)n1. The molecule has 19 heavy (non-hydrogen) atoms. The molecule has 0 saturated carbocycles. The monoisotopic (exact) mass is 261 g/mol. The number of halogens is 1. The summed E-state index contributed by atoms with van der Waals surface area (Å²) in [4.78, 5) is 8.48. The molecule has 0 unspecified atom stereocenters. The molecule has 0 atom stereocenters. The number of aromatic nitrogens is 2. The fraction of sp³-hybridized carbons (Fsp3) is 0.231. The van der Waals surface area contributed by atoms with Gasteiger partial charge in [-0.15, -0.1) is 0 Å². The minimum absolute atomic E-state index is 0.259. The second-order valence-corrected chi connectivity index (χ2v) is 4.27. The predicted molar refractivity (Wildman–Crippen MR) is 73.7 cm³/mol. The first kappa shape index (κ1) is 13.2. The van der Waals surface area contributed by atoms with Crippen LogP contribution in [0, 0.1) is 26.6 Å². The van der Waals surface area contributed by atoms with Crippen LogP contribution in [0.2, 0.25) is 0 Å². The van der Waals surface area contributed by atoms with Crippen molar-refractivity contribution in [3.63, 3.8) is 0 Å². The van der Waals surface area contributed by atoms with E-state index in [1.807, 2.05) is 6.92 Å². The highest BCUT2D eigenvalue weighted by molar-refractivity contribution is 5.66. The first-order valence-corrected chi connectivity index (χ1v) is 5.87. The number of nitrogens with zero attached hydrogens (tertiary/aromatic N) is 2. The van der Waals surface area contributed by atoms with Crippen LogP contribution in [0.1, 0.15) is 17.0 Å². The largest absolute Gasteiger partial charge is 0.340 e. The van der Waals surface area contributed by atoms with Gasteiger partial charge in [-0.3, -0.25) is 0 Å². The van der Waals surface area contributed by atoms with Gasteiger partial charge in [0.15, 0.2) is 0 Å². The zero-order valence-corrected chi connectivity index (χ0v) is 11.1. The summed E-state index contributed by atoms with van der Waals surface area (Å²) < 4.78 is 13.5. The third-order valence-electron chi connectivity index (χ3n) is 2.92. The second kappa shape index (κ2) is 5.19. The molecule has 0 fully saturated rings. The average molecular weight is 261 g/mol. The van der Waals surface area contributed by atoms with E-state index in [0.717, 1.165) is 5.56 Å². The number of aryl methyl sites for hydroxylation is 1. The quantitative estimate of drug-likeness (QED) is 0.585. The minimum Gasteiger partial charge on any atom is -0.340 e. The van der Waals surface area contributed by atoms with Gasteiger partial charge in [0.1, 0.15) is 23.3 Å². The first-order valence-electron chi connectivity index (χ1n) is 5.87. The molecule has 1 aromatic heterocycles. The van der Waals surface area contributed by atoms with Crippen molar-refractivity contribution in [1.29, 1.82) is 0 Å². The lowest BCUT2D eigenvalue weighted by Gasteiger charge is -2.14. The third kappa shape index (κ3) is 2.63. The van der Waals surface area contributed by atoms with Gasteiger partial charge in [0, 0.05) is 16.8 Å². The van der Waals surface area contributed by atoms with E-state index < -0.39 is 0 Å². The Morgan fingerprint density at radius 3 is 2.42 bits per heavy atom. The predicted octanol–water partition coefficient (Wildman–Crippen LogP) is 2.57. The second-order valence-electron chi connectivity index (χ2n) is 4.27. The van der Waals surface area contributed by atoms with Gasteiger partial charge in [0.25, 0.3) is 0 Å². The van der Waals surface area contributed by atoms with Crippen molar-refractivity contribution in [2.75, 3.05) is 10.7 Å². The molecule has 0 amide bonds. The van der Waals surface area contributed by atoms with Gasteiger partial charge in [0.05, 0.1) is 0 Å². The number of benzene rings is 1. The maximum absolute atomic E-state index is 13.5. The van der Waals surface area contributed by atoms with E-state index in [0.29, 0.717) is 28.7 Å². The number of nitrogens with one attached hydrogen (secondary N) is 2. The average Bonchev–Trinajstić information content (AvgIpc) is 2.38. The number of hydrazine groups is 1. The summed E-state index contributed by atoms with van der Waals surface area (Å²) in [6, 6.07) is 4.87. The highest BCUT2D eigenvalue weighted by Crippen LogP contribution is 2.25. The fourth-order valence-corrected chi connectivity index (χ4v) is 1.76. The van der Waals surface area contributed by atoms with Crippen molar-refractivity contribution >= 4 is 17.3 Å². The molecule has 0 aliphatic heterocycles. The molecule has 100 valence electrons. The Morgan fingerprint density at radius 1 is 1.05 bits per heavy atom. The van der Waals surface area contributed by atoms with Crippen LogP contribution in [-0.2, 0) is 0 Å². The smallest absolute Gasteiger partial charge is 0.148 e. The Hall–Kier alpha value is -2.21. The van der Waals surface area contributed by atoms with Crippen LogP contribution in [0.25, 0.3) is 0 Å². The Labute approximate surface area is 111 Å². The molecule has 5 nitrogen and oxygen atoms in total. The van der Waals surface area contributed by atoms with Gasteiger partial charge in [-0.05, 0) is 32.9 Å². The van der Waals surface area contributed by atoms with Crippen molar-refractivity contribution in [3.05, 3.63) is 41.0 Å². The van der Waals surface area contributed by atoms with Crippen LogP contribution in [0.5, 0.6) is 0 Å². The molecule has 0 spiro atoms. The molecule has 1 heterocycles. The lowest BCUT2D eigenvalue weighted by molar-refractivity contribution is 0.619. The molecular formula is C13H16FN5. The van der Waals surface area contributed by atoms with E-state index in [9.17, 15) is 4.39 Å². The number of hydrogen-bond acceptors (Lipinski definition) is 5. The summed E-state index contributed by atoms with van der Waals surface area (Å²) in [5.74, 6) is 6.88. The molecule has 4 N–H and O–H groups in total. The topological polar surface area (TPSA) is 75.9 Å². The van der Waals surface area contributed by atoms with Crippen molar-refractivity contribution in [2.24, 2.45) is 5.84 Å². The van der Waals surface area contributed by atoms with E-state index in [1.54, 1.807) is 26.0 Å². The zero-order chi connectivity index (χ0) is 14.0. The summed E-state index contributed by atoms with van der Waals surface area (Å²) in [6.45, 7) is 5.32. The molecular weight excluding hydrogens is 245 g/mol. The molecule has 1 aromatic carbocycles. The highest BCUT2D eigenvalue weighted by atomic mass is 19.1. The minimum atomic E-state index is -0.259. The van der Waals surface area contributed by atoms with Crippen LogP contribution < -0.4 is 16.6 Å². The number of anilines is 3. The van der Waals surface area contributed by atoms with Gasteiger partial charge < -0.3 is 10.7 Å². The Kier molecular flexibility index (Phi) is 3.62. The van der Waals surface area contributed by atoms with E-state index in [-0.39, 0.29) is 5.82 Å². The Balaban J connectivity index is 2.43. The first-order chi connectivity index (χ1) is 9.02. The van der Waals surface area contributed by atoms with Crippen molar-refractivity contribution < 1.29 is 4.39 Å². The van der Waals surface area contributed by atoms with E-state index in [4.69, 9.17) is 5.84 Å². The Bertz CT molecular complexity index is 612. The van der Waals surface area contributed by atoms with Crippen LogP contribution in [0.3, 0.4) is 0 Å². The van der Waals surface area contributed by atoms with Gasteiger partial charge in [0.2, 0.25) is 0 Å². The zero-order valence-electron chi connectivity index (χ0n) is 11.1. The normalized spacial score (nSPS) is 10.4. The summed E-state index contributed by atoms with van der Waals surface area (Å²) in [7, 11) is 0. The fourth-order valence-electron chi connectivity index (χ4n) is 1.76. The summed E-state index contributed by atoms with van der Waals surface area (Å²) in [5.41, 5.74) is 4.51. The molecule has 6 heteroatoms. The van der Waals surface area contributed by atoms with Crippen LogP contribution >= 0.6 is 0 Å². The molecule has 0 radical (unpaired) electrons. The molecule has 2 rings (SSSR count). The van der Waals surface area contributed by atoms with E-state index in [2.05, 4.69) is 20.7 Å². The van der Waals surface area contributed by atoms with Crippen molar-refractivity contribution in [2.45, 2.75) is 20.8 Å². The molecule has 0 aliphatic rings. The number of rotatable bonds is 3. The highest BCUT2D eigenvalue weighted by Gasteiger charge is 2.10. The van der Waals surface area contributed by atoms with Crippen LogP contribution in [-0.4, -0.2) is 9.97 Å². The van der Waals surface area contributed by atoms with Gasteiger partial charge in [-0.1, -0.05) is 6.07 Å². The van der Waals surface area contributed by atoms with E-state index in [1.165, 1.54) is 6.07 Å². The maximum Gasteiger partial charge on any atom is 0.148 e. The molecule has 0 saturated heterocycles. The summed E-state index contributed by atoms with van der Waals surface area (Å²) in [6.07, 6.45) is 0. The Morgan fingerprint density at radius 2 is 1.74 bits per heavy atom. The van der Waals surface area contributed by atoms with Crippen LogP contribution in [0.4, 0.5) is 21.7 Å². The van der Waals surface area contributed by atoms with Crippen molar-refractivity contribution in [3.8, 4) is 0 Å². The molecule has 0 aliphatic carbocycles. The lowest BCUT2D eigenvalue weighted by Crippen LogP contribution is -2.13. The van der Waals surface area contributed by atoms with Crippen molar-refractivity contribution in [1.82, 2.24) is 9.97 Å². The molecule has 2 aromatic rings. The summed E-state index contributed by atoms with van der Waals surface area (Å²) in [5, 5.41) is 3.11. The van der Waals surface area contributed by atoms with Gasteiger partial charge >= 0.3 is 0 Å². The maximum atomic E-state index is 13.5.